The first kappa shape index (κ1) is 9.47. The van der Waals surface area contributed by atoms with E-state index in [2.05, 4.69) is 9.83 Å². The van der Waals surface area contributed by atoms with Gasteiger partial charge in [0.1, 0.15) is 0 Å². The molecule has 7 nitrogen and oxygen atoms in total. The van der Waals surface area contributed by atoms with Crippen molar-refractivity contribution in [3.63, 3.8) is 0 Å². The fourth-order valence-electron chi connectivity index (χ4n) is 0.412. The minimum atomic E-state index is -0.852. The fraction of sp³-hybridized carbons (Fsp3) is 0.750. The lowest BCUT2D eigenvalue weighted by molar-refractivity contribution is -0.757. The zero-order chi connectivity index (χ0) is 8.69. The van der Waals surface area contributed by atoms with E-state index in [-0.39, 0.29) is 12.6 Å². The molecule has 64 valence electrons. The van der Waals surface area contributed by atoms with Gasteiger partial charge in [0.05, 0.1) is 6.61 Å². The lowest BCUT2D eigenvalue weighted by Crippen LogP contribution is -2.23. The van der Waals surface area contributed by atoms with Gasteiger partial charge in [-0.2, -0.15) is 0 Å². The zero-order valence-electron chi connectivity index (χ0n) is 5.90. The molecule has 4 N–H and O–H groups in total. The Morgan fingerprint density at radius 2 is 2.27 bits per heavy atom. The second kappa shape index (κ2) is 5.27. The largest absolute Gasteiger partial charge is 0.370 e. The molecule has 0 aromatic carbocycles. The first-order chi connectivity index (χ1) is 5.13. The molecular weight excluding hydrogens is 152 g/mol. The number of nitrogens with zero attached hydrogens (tertiary/aromatic N) is 2. The van der Waals surface area contributed by atoms with Crippen LogP contribution in [0.5, 0.6) is 0 Å². The molecule has 0 aromatic heterocycles. The summed E-state index contributed by atoms with van der Waals surface area (Å²) >= 11 is 0. The van der Waals surface area contributed by atoms with Crippen molar-refractivity contribution in [1.29, 1.82) is 0 Å². The standard InChI is InChI=1S/C4H10N4O3/c5-4(6)7-2-1-3-11-8(9)10/h1-3H2,(H4,5,6,7). The Bertz CT molecular complexity index is 153. The molecule has 0 spiro atoms. The predicted molar refractivity (Wildman–Crippen MR) is 38.2 cm³/mol. The van der Waals surface area contributed by atoms with Crippen LogP contribution in [0, 0.1) is 10.1 Å². The zero-order valence-corrected chi connectivity index (χ0v) is 5.90. The average Bonchev–Trinajstić information content (AvgIpc) is 1.85. The van der Waals surface area contributed by atoms with Gasteiger partial charge in [-0.3, -0.25) is 4.99 Å². The van der Waals surface area contributed by atoms with Gasteiger partial charge in [-0.25, -0.2) is 0 Å². The lowest BCUT2D eigenvalue weighted by atomic mass is 10.5. The van der Waals surface area contributed by atoms with Crippen LogP contribution in [0.4, 0.5) is 0 Å². The van der Waals surface area contributed by atoms with Crippen molar-refractivity contribution >= 4 is 5.96 Å². The van der Waals surface area contributed by atoms with Gasteiger partial charge >= 0.3 is 0 Å². The molecule has 0 aliphatic heterocycles. The SMILES string of the molecule is NC(N)=NCCCO[N+](=O)[O-]. The normalized spacial score (nSPS) is 8.73. The summed E-state index contributed by atoms with van der Waals surface area (Å²) in [5.41, 5.74) is 9.98. The summed E-state index contributed by atoms with van der Waals surface area (Å²) < 4.78 is 0. The smallest absolute Gasteiger partial charge is 0.294 e. The fourth-order valence-corrected chi connectivity index (χ4v) is 0.412. The maximum atomic E-state index is 9.59. The molecule has 0 aromatic rings. The number of guanidine groups is 1. The second-order valence-corrected chi connectivity index (χ2v) is 1.72. The summed E-state index contributed by atoms with van der Waals surface area (Å²) in [6.45, 7) is 0.361. The van der Waals surface area contributed by atoms with Crippen molar-refractivity contribution in [2.45, 2.75) is 6.42 Å². The van der Waals surface area contributed by atoms with Gasteiger partial charge in [0, 0.05) is 6.54 Å². The molecule has 0 amide bonds. The Labute approximate surface area is 63.1 Å². The highest BCUT2D eigenvalue weighted by Gasteiger charge is 1.92. The number of hydrogen-bond acceptors (Lipinski definition) is 4. The van der Waals surface area contributed by atoms with E-state index in [1.807, 2.05) is 0 Å². The molecule has 0 bridgehead atoms. The van der Waals surface area contributed by atoms with Crippen LogP contribution in [0.25, 0.3) is 0 Å². The van der Waals surface area contributed by atoms with Crippen LogP contribution in [0.15, 0.2) is 4.99 Å². The number of nitrogens with two attached hydrogens (primary N) is 2. The van der Waals surface area contributed by atoms with E-state index < -0.39 is 5.09 Å². The van der Waals surface area contributed by atoms with E-state index >= 15 is 0 Å². The summed E-state index contributed by atoms with van der Waals surface area (Å²) in [6, 6.07) is 0. The van der Waals surface area contributed by atoms with Gasteiger partial charge in [0.15, 0.2) is 5.96 Å². The van der Waals surface area contributed by atoms with Gasteiger partial charge in [-0.1, -0.05) is 0 Å². The highest BCUT2D eigenvalue weighted by atomic mass is 16.9. The Hall–Kier alpha value is -1.53. The van der Waals surface area contributed by atoms with Crippen LogP contribution < -0.4 is 11.5 Å². The van der Waals surface area contributed by atoms with Gasteiger partial charge in [0.25, 0.3) is 5.09 Å². The van der Waals surface area contributed by atoms with Gasteiger partial charge in [-0.15, -0.1) is 10.1 Å². The molecule has 0 unspecified atom stereocenters. The minimum absolute atomic E-state index is 0.0176. The van der Waals surface area contributed by atoms with Crippen molar-refractivity contribution in [3.8, 4) is 0 Å². The molecule has 0 fully saturated rings. The third-order valence-corrected chi connectivity index (χ3v) is 0.794. The van der Waals surface area contributed by atoms with Crippen LogP contribution in [0.1, 0.15) is 6.42 Å². The van der Waals surface area contributed by atoms with Crippen molar-refractivity contribution in [3.05, 3.63) is 10.1 Å². The highest BCUT2D eigenvalue weighted by molar-refractivity contribution is 5.75. The Morgan fingerprint density at radius 1 is 1.64 bits per heavy atom. The Morgan fingerprint density at radius 3 is 2.73 bits per heavy atom. The van der Waals surface area contributed by atoms with Crippen LogP contribution in [0.3, 0.4) is 0 Å². The summed E-state index contributed by atoms with van der Waals surface area (Å²) in [7, 11) is 0. The van der Waals surface area contributed by atoms with Gasteiger partial charge in [-0.05, 0) is 6.42 Å². The summed E-state index contributed by atoms with van der Waals surface area (Å²) in [4.78, 5) is 17.2. The number of aliphatic imine (C=N–C) groups is 1. The molecule has 0 aliphatic carbocycles. The molecule has 0 heterocycles. The van der Waals surface area contributed by atoms with E-state index in [0.29, 0.717) is 13.0 Å². The molecule has 0 saturated heterocycles. The summed E-state index contributed by atoms with van der Waals surface area (Å²) in [5, 5.41) is 8.74. The van der Waals surface area contributed by atoms with Crippen molar-refractivity contribution < 1.29 is 9.92 Å². The summed E-state index contributed by atoms with van der Waals surface area (Å²) in [6.07, 6.45) is 0.429. The molecule has 0 radical (unpaired) electrons. The number of rotatable bonds is 5. The van der Waals surface area contributed by atoms with Crippen molar-refractivity contribution in [2.24, 2.45) is 16.5 Å². The van der Waals surface area contributed by atoms with E-state index in [9.17, 15) is 10.1 Å². The monoisotopic (exact) mass is 162 g/mol. The summed E-state index contributed by atoms with van der Waals surface area (Å²) in [5.74, 6) is -0.0221. The number of hydrogen-bond donors (Lipinski definition) is 2. The average molecular weight is 162 g/mol. The van der Waals surface area contributed by atoms with E-state index in [1.165, 1.54) is 0 Å². The highest BCUT2D eigenvalue weighted by Crippen LogP contribution is 1.83. The second-order valence-electron chi connectivity index (χ2n) is 1.72. The molecule has 11 heavy (non-hydrogen) atoms. The van der Waals surface area contributed by atoms with Gasteiger partial charge in [0.2, 0.25) is 0 Å². The van der Waals surface area contributed by atoms with E-state index in [0.717, 1.165) is 0 Å². The van der Waals surface area contributed by atoms with E-state index in [4.69, 9.17) is 11.5 Å². The van der Waals surface area contributed by atoms with Crippen molar-refractivity contribution in [2.75, 3.05) is 13.2 Å². The first-order valence-electron chi connectivity index (χ1n) is 2.95. The molecule has 7 heteroatoms. The minimum Gasteiger partial charge on any atom is -0.370 e. The van der Waals surface area contributed by atoms with Crippen LogP contribution in [0.2, 0.25) is 0 Å². The topological polar surface area (TPSA) is 117 Å². The third-order valence-electron chi connectivity index (χ3n) is 0.794. The van der Waals surface area contributed by atoms with Crippen molar-refractivity contribution in [1.82, 2.24) is 0 Å². The van der Waals surface area contributed by atoms with Crippen LogP contribution in [-0.4, -0.2) is 24.2 Å². The lowest BCUT2D eigenvalue weighted by Gasteiger charge is -1.95. The Kier molecular flexibility index (Phi) is 4.54. The van der Waals surface area contributed by atoms with Gasteiger partial charge < -0.3 is 16.3 Å². The Balaban J connectivity index is 3.15. The van der Waals surface area contributed by atoms with E-state index in [1.54, 1.807) is 0 Å². The molecule has 0 aliphatic rings. The molecule has 0 saturated carbocycles. The maximum Gasteiger partial charge on any atom is 0.294 e. The third kappa shape index (κ3) is 8.47. The van der Waals surface area contributed by atoms with Crippen LogP contribution in [-0.2, 0) is 4.84 Å². The molecular formula is C4H10N4O3. The van der Waals surface area contributed by atoms with Crippen LogP contribution >= 0.6 is 0 Å². The predicted octanol–water partition coefficient (Wildman–Crippen LogP) is -1.14. The quantitative estimate of drug-likeness (QED) is 0.174. The molecule has 0 rings (SSSR count). The molecule has 0 atom stereocenters. The first-order valence-corrected chi connectivity index (χ1v) is 2.95. The maximum absolute atomic E-state index is 9.59.